The summed E-state index contributed by atoms with van der Waals surface area (Å²) in [6.45, 7) is 18.3. The minimum atomic E-state index is -5.24. The fraction of sp³-hybridized carbons (Fsp3) is 0.500. The van der Waals surface area contributed by atoms with Gasteiger partial charge in [-0.1, -0.05) is 19.7 Å². The maximum atomic E-state index is 13.1. The van der Waals surface area contributed by atoms with Gasteiger partial charge in [0.25, 0.3) is 0 Å². The molecule has 0 fully saturated rings. The van der Waals surface area contributed by atoms with Crippen LogP contribution in [-0.4, -0.2) is 54.1 Å². The summed E-state index contributed by atoms with van der Waals surface area (Å²) in [5.74, 6) is -6.33. The standard InChI is InChI=1S/C24H33O13P/c1-13(2)22(28)32-16(7)10-19(25)35-38(31,36-20(26)11-17(8)33-23(29)14(3)4)37-21(27)12-18(9)34-24(30)15(5)6/h16-18H,1,3,5,10-12H2,2,4,6-9H3. The number of esters is 3. The van der Waals surface area contributed by atoms with Crippen molar-refractivity contribution in [2.45, 2.75) is 79.1 Å². The van der Waals surface area contributed by atoms with E-state index < -0.39 is 81.2 Å². The molecule has 0 heterocycles. The Morgan fingerprint density at radius 3 is 0.947 bits per heavy atom. The third-order valence-electron chi connectivity index (χ3n) is 3.97. The maximum absolute atomic E-state index is 13.1. The lowest BCUT2D eigenvalue weighted by Gasteiger charge is -2.19. The highest BCUT2D eigenvalue weighted by molar-refractivity contribution is 7.50. The molecule has 3 atom stereocenters. The molecule has 14 heteroatoms. The Morgan fingerprint density at radius 1 is 0.553 bits per heavy atom. The number of rotatable bonds is 15. The van der Waals surface area contributed by atoms with Crippen molar-refractivity contribution in [3.63, 3.8) is 0 Å². The summed E-state index contributed by atoms with van der Waals surface area (Å²) < 4.78 is 41.8. The molecule has 0 aromatic rings. The van der Waals surface area contributed by atoms with Gasteiger partial charge in [-0.2, -0.15) is 4.57 Å². The number of hydrogen-bond acceptors (Lipinski definition) is 13. The zero-order chi connectivity index (χ0) is 29.8. The van der Waals surface area contributed by atoms with E-state index >= 15 is 0 Å². The van der Waals surface area contributed by atoms with Gasteiger partial charge >= 0.3 is 43.6 Å². The van der Waals surface area contributed by atoms with Crippen LogP contribution in [0.1, 0.15) is 60.8 Å². The Balaban J connectivity index is 5.51. The number of carbonyl (C=O) groups excluding carboxylic acids is 6. The second kappa shape index (κ2) is 15.5. The van der Waals surface area contributed by atoms with Crippen molar-refractivity contribution in [1.29, 1.82) is 0 Å². The summed E-state index contributed by atoms with van der Waals surface area (Å²) in [6.07, 6.45) is -5.19. The number of ether oxygens (including phenoxy) is 3. The second-order valence-electron chi connectivity index (χ2n) is 8.44. The topological polar surface area (TPSA) is 175 Å². The van der Waals surface area contributed by atoms with E-state index in [1.54, 1.807) is 0 Å². The van der Waals surface area contributed by atoms with Crippen LogP contribution < -0.4 is 0 Å². The number of phosphoric ester groups is 1. The summed E-state index contributed by atoms with van der Waals surface area (Å²) in [5.41, 5.74) is 0.171. The molecule has 0 aromatic heterocycles. The summed E-state index contributed by atoms with van der Waals surface area (Å²) in [7, 11) is -5.24. The molecule has 0 amide bonds. The quantitative estimate of drug-likeness (QED) is 0.123. The molecule has 0 N–H and O–H groups in total. The molecule has 0 aliphatic rings. The molecule has 0 saturated carbocycles. The average Bonchev–Trinajstić information content (AvgIpc) is 2.71. The normalized spacial score (nSPS) is 14.3. The molecule has 0 aliphatic carbocycles. The first-order valence-electron chi connectivity index (χ1n) is 11.2. The van der Waals surface area contributed by atoms with Gasteiger partial charge in [-0.05, 0) is 41.5 Å². The number of hydrogen-bond donors (Lipinski definition) is 0. The van der Waals surface area contributed by atoms with Crippen molar-refractivity contribution in [2.24, 2.45) is 0 Å². The highest BCUT2D eigenvalue weighted by Gasteiger charge is 2.40. The van der Waals surface area contributed by atoms with Crippen molar-refractivity contribution in [2.75, 3.05) is 0 Å². The molecule has 13 nitrogen and oxygen atoms in total. The van der Waals surface area contributed by atoms with Crippen LogP contribution in [0.4, 0.5) is 0 Å². The molecule has 0 bridgehead atoms. The minimum Gasteiger partial charge on any atom is -0.459 e. The van der Waals surface area contributed by atoms with Crippen molar-refractivity contribution in [3.05, 3.63) is 36.5 Å². The van der Waals surface area contributed by atoms with Crippen molar-refractivity contribution < 1.29 is 61.1 Å². The third kappa shape index (κ3) is 14.1. The predicted molar refractivity (Wildman–Crippen MR) is 131 cm³/mol. The molecule has 0 aliphatic heterocycles. The van der Waals surface area contributed by atoms with Gasteiger partial charge in [0.15, 0.2) is 0 Å². The first-order valence-corrected chi connectivity index (χ1v) is 12.7. The lowest BCUT2D eigenvalue weighted by Crippen LogP contribution is -2.24. The van der Waals surface area contributed by atoms with Crippen LogP contribution in [0.25, 0.3) is 0 Å². The Labute approximate surface area is 220 Å². The Bertz CT molecular complexity index is 914. The van der Waals surface area contributed by atoms with E-state index in [1.165, 1.54) is 41.5 Å². The van der Waals surface area contributed by atoms with E-state index in [2.05, 4.69) is 33.3 Å². The van der Waals surface area contributed by atoms with Gasteiger partial charge < -0.3 is 27.8 Å². The zero-order valence-electron chi connectivity index (χ0n) is 22.2. The van der Waals surface area contributed by atoms with Crippen LogP contribution in [-0.2, 0) is 61.1 Å². The molecule has 38 heavy (non-hydrogen) atoms. The highest BCUT2D eigenvalue weighted by atomic mass is 31.2. The van der Waals surface area contributed by atoms with E-state index in [-0.39, 0.29) is 16.7 Å². The predicted octanol–water partition coefficient (Wildman–Crippen LogP) is 3.42. The van der Waals surface area contributed by atoms with Crippen molar-refractivity contribution in [1.82, 2.24) is 0 Å². The van der Waals surface area contributed by atoms with Crippen LogP contribution in [0.15, 0.2) is 36.5 Å². The fourth-order valence-corrected chi connectivity index (χ4v) is 3.30. The Kier molecular flexibility index (Phi) is 14.0. The number of carbonyl (C=O) groups is 6. The fourth-order valence-electron chi connectivity index (χ4n) is 2.22. The largest absolute Gasteiger partial charge is 0.653 e. The first kappa shape index (κ1) is 34.3. The Morgan fingerprint density at radius 2 is 0.763 bits per heavy atom. The van der Waals surface area contributed by atoms with E-state index in [9.17, 15) is 33.3 Å². The van der Waals surface area contributed by atoms with Crippen LogP contribution in [0.2, 0.25) is 0 Å². The van der Waals surface area contributed by atoms with Gasteiger partial charge in [-0.3, -0.25) is 14.4 Å². The van der Waals surface area contributed by atoms with Gasteiger partial charge in [-0.25, -0.2) is 14.4 Å². The summed E-state index contributed by atoms with van der Waals surface area (Å²) >= 11 is 0. The van der Waals surface area contributed by atoms with Crippen LogP contribution in [0, 0.1) is 0 Å². The van der Waals surface area contributed by atoms with E-state index in [1.807, 2.05) is 0 Å². The summed E-state index contributed by atoms with van der Waals surface area (Å²) in [5, 5.41) is 0. The second-order valence-corrected chi connectivity index (χ2v) is 9.88. The van der Waals surface area contributed by atoms with Crippen LogP contribution in [0.3, 0.4) is 0 Å². The van der Waals surface area contributed by atoms with E-state index in [4.69, 9.17) is 14.2 Å². The smallest absolute Gasteiger partial charge is 0.459 e. The van der Waals surface area contributed by atoms with Crippen molar-refractivity contribution >= 4 is 43.6 Å². The maximum Gasteiger partial charge on any atom is 0.653 e. The molecule has 0 radical (unpaired) electrons. The highest BCUT2D eigenvalue weighted by Crippen LogP contribution is 2.51. The lowest BCUT2D eigenvalue weighted by molar-refractivity contribution is -0.149. The average molecular weight is 560 g/mol. The molecule has 212 valence electrons. The molecule has 0 spiro atoms. The lowest BCUT2D eigenvalue weighted by atomic mass is 10.3. The molecule has 3 unspecified atom stereocenters. The SMILES string of the molecule is C=C(C)C(=O)OC(C)CC(=O)OP(=O)(OC(=O)CC(C)OC(=O)C(=C)C)OC(=O)CC(C)OC(=O)C(=C)C. The Hall–Kier alpha value is -3.73. The van der Waals surface area contributed by atoms with Gasteiger partial charge in [0.1, 0.15) is 18.3 Å². The molecule has 0 saturated heterocycles. The van der Waals surface area contributed by atoms with Crippen LogP contribution in [0.5, 0.6) is 0 Å². The summed E-state index contributed by atoms with van der Waals surface area (Å²) in [4.78, 5) is 71.8. The summed E-state index contributed by atoms with van der Waals surface area (Å²) in [6, 6.07) is 0. The van der Waals surface area contributed by atoms with Crippen molar-refractivity contribution in [3.8, 4) is 0 Å². The zero-order valence-corrected chi connectivity index (χ0v) is 23.1. The molecule has 0 aromatic carbocycles. The van der Waals surface area contributed by atoms with E-state index in [0.29, 0.717) is 0 Å². The first-order chi connectivity index (χ1) is 17.3. The third-order valence-corrected chi connectivity index (χ3v) is 5.26. The molecular formula is C24H33O13P. The monoisotopic (exact) mass is 560 g/mol. The van der Waals surface area contributed by atoms with Gasteiger partial charge in [0, 0.05) is 16.7 Å². The van der Waals surface area contributed by atoms with Gasteiger partial charge in [-0.15, -0.1) is 0 Å². The van der Waals surface area contributed by atoms with Gasteiger partial charge in [0.05, 0.1) is 19.3 Å². The minimum absolute atomic E-state index is 0.0571. The number of phosphoric acid groups is 1. The molecular weight excluding hydrogens is 527 g/mol. The molecule has 0 rings (SSSR count). The van der Waals surface area contributed by atoms with Gasteiger partial charge in [0.2, 0.25) is 0 Å². The van der Waals surface area contributed by atoms with E-state index in [0.717, 1.165) is 0 Å². The van der Waals surface area contributed by atoms with Crippen LogP contribution >= 0.6 is 7.82 Å².